The van der Waals surface area contributed by atoms with Gasteiger partial charge < -0.3 is 5.11 Å². The Morgan fingerprint density at radius 1 is 1.47 bits per heavy atom. The van der Waals surface area contributed by atoms with Gasteiger partial charge in [-0.25, -0.2) is 4.79 Å². The first-order valence-electron chi connectivity index (χ1n) is 3.71. The monoisotopic (exact) mass is 252 g/mol. The fourth-order valence-corrected chi connectivity index (χ4v) is 2.16. The summed E-state index contributed by atoms with van der Waals surface area (Å²) in [6, 6.07) is 1.94. The first-order valence-corrected chi connectivity index (χ1v) is 5.47. The molecule has 0 aliphatic heterocycles. The number of hydrogen-bond donors (Lipinski definition) is 1. The molecule has 4 nitrogen and oxygen atoms in total. The quantitative estimate of drug-likeness (QED) is 0.818. The van der Waals surface area contributed by atoms with Gasteiger partial charge in [-0.2, -0.15) is 8.42 Å². The van der Waals surface area contributed by atoms with Gasteiger partial charge in [0.2, 0.25) is 0 Å². The number of carboxylic acid groups (broad SMARTS) is 1. The molecule has 82 valence electrons. The van der Waals surface area contributed by atoms with Crippen LogP contribution in [0.25, 0.3) is 0 Å². The molecule has 0 spiro atoms. The molecule has 0 aromatic heterocycles. The first-order chi connectivity index (χ1) is 6.73. The van der Waals surface area contributed by atoms with Gasteiger partial charge in [-0.05, 0) is 24.6 Å². The minimum absolute atomic E-state index is 0.144. The van der Waals surface area contributed by atoms with E-state index in [2.05, 4.69) is 0 Å². The molecule has 7 heteroatoms. The number of rotatable bonds is 2. The van der Waals surface area contributed by atoms with Crippen LogP contribution in [0.15, 0.2) is 17.0 Å². The van der Waals surface area contributed by atoms with E-state index < -0.39 is 21.1 Å². The number of benzene rings is 1. The normalized spacial score (nSPS) is 11.4. The molecule has 0 saturated heterocycles. The zero-order chi connectivity index (χ0) is 11.8. The highest BCUT2D eigenvalue weighted by Gasteiger charge is 2.21. The van der Waals surface area contributed by atoms with Crippen LogP contribution in [0, 0.1) is 6.92 Å². The summed E-state index contributed by atoms with van der Waals surface area (Å²) in [7, 11) is -4.96. The van der Waals surface area contributed by atoms with E-state index in [-0.39, 0.29) is 16.1 Å². The van der Waals surface area contributed by atoms with Crippen molar-refractivity contribution in [3.63, 3.8) is 0 Å². The maximum Gasteiger partial charge on any atom is 0.336 e. The van der Waals surface area contributed by atoms with Crippen LogP contribution in [0.5, 0.6) is 0 Å². The van der Waals surface area contributed by atoms with Crippen molar-refractivity contribution in [1.82, 2.24) is 0 Å². The standard InChI is InChI=1S/C8H6ClFO4S/c1-4-6(8(11)12)2-5(9)3-7(4)15(10,13)14/h2-3H,1H3,(H,11,12). The summed E-state index contributed by atoms with van der Waals surface area (Å²) in [5.41, 5.74) is -0.506. The van der Waals surface area contributed by atoms with Crippen molar-refractivity contribution in [3.8, 4) is 0 Å². The minimum Gasteiger partial charge on any atom is -0.478 e. The van der Waals surface area contributed by atoms with Crippen LogP contribution in [0.2, 0.25) is 5.02 Å². The molecule has 0 aliphatic rings. The number of carboxylic acids is 1. The van der Waals surface area contributed by atoms with Gasteiger partial charge in [-0.15, -0.1) is 3.89 Å². The number of halogens is 2. The van der Waals surface area contributed by atoms with Crippen LogP contribution in [-0.4, -0.2) is 19.5 Å². The number of carbonyl (C=O) groups is 1. The summed E-state index contributed by atoms with van der Waals surface area (Å²) in [6.07, 6.45) is 0. The van der Waals surface area contributed by atoms with Crippen LogP contribution in [-0.2, 0) is 10.2 Å². The largest absolute Gasteiger partial charge is 0.478 e. The van der Waals surface area contributed by atoms with E-state index in [1.165, 1.54) is 6.92 Å². The van der Waals surface area contributed by atoms with Crippen molar-refractivity contribution in [1.29, 1.82) is 0 Å². The van der Waals surface area contributed by atoms with Gasteiger partial charge in [0.25, 0.3) is 0 Å². The first kappa shape index (κ1) is 11.9. The van der Waals surface area contributed by atoms with Gasteiger partial charge in [0.1, 0.15) is 4.90 Å². The molecule has 0 amide bonds. The molecule has 1 aromatic rings. The molecule has 0 saturated carbocycles. The zero-order valence-electron chi connectivity index (χ0n) is 7.49. The fourth-order valence-electron chi connectivity index (χ4n) is 1.13. The summed E-state index contributed by atoms with van der Waals surface area (Å²) < 4.78 is 34.1. The van der Waals surface area contributed by atoms with Gasteiger partial charge in [0, 0.05) is 5.02 Å². The summed E-state index contributed by atoms with van der Waals surface area (Å²) >= 11 is 5.48. The van der Waals surface area contributed by atoms with Crippen molar-refractivity contribution in [2.24, 2.45) is 0 Å². The summed E-state index contributed by atoms with van der Waals surface area (Å²) in [4.78, 5) is 9.96. The predicted octanol–water partition coefficient (Wildman–Crippen LogP) is 2.00. The Morgan fingerprint density at radius 2 is 2.00 bits per heavy atom. The Bertz CT molecular complexity index is 524. The van der Waals surface area contributed by atoms with E-state index in [0.29, 0.717) is 0 Å². The maximum absolute atomic E-state index is 12.7. The van der Waals surface area contributed by atoms with Gasteiger partial charge >= 0.3 is 16.2 Å². The second-order valence-electron chi connectivity index (χ2n) is 2.82. The highest BCUT2D eigenvalue weighted by molar-refractivity contribution is 7.86. The van der Waals surface area contributed by atoms with Crippen LogP contribution < -0.4 is 0 Å². The Labute approximate surface area is 90.5 Å². The second kappa shape index (κ2) is 3.79. The third-order valence-electron chi connectivity index (χ3n) is 1.82. The predicted molar refractivity (Wildman–Crippen MR) is 51.4 cm³/mol. The molecule has 0 radical (unpaired) electrons. The third kappa shape index (κ3) is 2.45. The number of hydrogen-bond acceptors (Lipinski definition) is 3. The average Bonchev–Trinajstić information content (AvgIpc) is 2.06. The lowest BCUT2D eigenvalue weighted by Crippen LogP contribution is -2.05. The van der Waals surface area contributed by atoms with Crippen LogP contribution in [0.4, 0.5) is 3.89 Å². The summed E-state index contributed by atoms with van der Waals surface area (Å²) in [6.45, 7) is 1.20. The van der Waals surface area contributed by atoms with E-state index in [0.717, 1.165) is 12.1 Å². The molecule has 0 fully saturated rings. The van der Waals surface area contributed by atoms with Crippen molar-refractivity contribution in [3.05, 3.63) is 28.3 Å². The Kier molecular flexibility index (Phi) is 3.01. The Balaban J connectivity index is 3.63. The van der Waals surface area contributed by atoms with Gasteiger partial charge in [-0.1, -0.05) is 11.6 Å². The molecule has 0 heterocycles. The van der Waals surface area contributed by atoms with Crippen LogP contribution >= 0.6 is 11.6 Å². The lowest BCUT2D eigenvalue weighted by Gasteiger charge is -2.05. The van der Waals surface area contributed by atoms with E-state index >= 15 is 0 Å². The summed E-state index contributed by atoms with van der Waals surface area (Å²) in [5, 5.41) is 8.56. The van der Waals surface area contributed by atoms with E-state index in [1.807, 2.05) is 0 Å². The average molecular weight is 253 g/mol. The maximum atomic E-state index is 12.7. The molecule has 1 N–H and O–H groups in total. The molecule has 0 unspecified atom stereocenters. The molecular weight excluding hydrogens is 247 g/mol. The zero-order valence-corrected chi connectivity index (χ0v) is 9.06. The lowest BCUT2D eigenvalue weighted by molar-refractivity contribution is 0.0696. The molecule has 1 aromatic carbocycles. The third-order valence-corrected chi connectivity index (χ3v) is 2.99. The Morgan fingerprint density at radius 3 is 2.40 bits per heavy atom. The van der Waals surface area contributed by atoms with E-state index in [9.17, 15) is 17.1 Å². The molecule has 0 atom stereocenters. The molecular formula is C8H6ClFO4S. The Hall–Kier alpha value is -1.14. The van der Waals surface area contributed by atoms with E-state index in [4.69, 9.17) is 16.7 Å². The van der Waals surface area contributed by atoms with Crippen LogP contribution in [0.3, 0.4) is 0 Å². The molecule has 1 rings (SSSR count). The molecule has 15 heavy (non-hydrogen) atoms. The minimum atomic E-state index is -4.96. The fraction of sp³-hybridized carbons (Fsp3) is 0.125. The van der Waals surface area contributed by atoms with E-state index in [1.54, 1.807) is 0 Å². The second-order valence-corrected chi connectivity index (χ2v) is 4.57. The highest BCUT2D eigenvalue weighted by Crippen LogP contribution is 2.25. The topological polar surface area (TPSA) is 71.4 Å². The SMILES string of the molecule is Cc1c(C(=O)O)cc(Cl)cc1S(=O)(=O)F. The van der Waals surface area contributed by atoms with Crippen LogP contribution in [0.1, 0.15) is 15.9 Å². The van der Waals surface area contributed by atoms with Gasteiger partial charge in [0.15, 0.2) is 0 Å². The van der Waals surface area contributed by atoms with Gasteiger partial charge in [-0.3, -0.25) is 0 Å². The van der Waals surface area contributed by atoms with Crippen molar-refractivity contribution < 1.29 is 22.2 Å². The van der Waals surface area contributed by atoms with Crippen molar-refractivity contribution in [2.75, 3.05) is 0 Å². The number of aromatic carboxylic acids is 1. The van der Waals surface area contributed by atoms with Crippen molar-refractivity contribution >= 4 is 27.8 Å². The van der Waals surface area contributed by atoms with Crippen molar-refractivity contribution in [2.45, 2.75) is 11.8 Å². The molecule has 0 bridgehead atoms. The summed E-state index contributed by atoms with van der Waals surface area (Å²) in [5.74, 6) is -1.36. The van der Waals surface area contributed by atoms with Gasteiger partial charge in [0.05, 0.1) is 5.56 Å². The lowest BCUT2D eigenvalue weighted by atomic mass is 10.1. The smallest absolute Gasteiger partial charge is 0.336 e. The molecule has 0 aliphatic carbocycles. The highest BCUT2D eigenvalue weighted by atomic mass is 35.5.